The van der Waals surface area contributed by atoms with Crippen LogP contribution in [0.1, 0.15) is 18.2 Å². The van der Waals surface area contributed by atoms with Crippen molar-refractivity contribution in [2.24, 2.45) is 0 Å². The van der Waals surface area contributed by atoms with Gasteiger partial charge >= 0.3 is 0 Å². The van der Waals surface area contributed by atoms with Gasteiger partial charge in [-0.2, -0.15) is 0 Å². The molecule has 4 heteroatoms. The summed E-state index contributed by atoms with van der Waals surface area (Å²) < 4.78 is 2.36. The third kappa shape index (κ3) is 3.83. The molecule has 0 fully saturated rings. The number of para-hydroxylation sites is 2. The molecule has 0 saturated carbocycles. The Balaban J connectivity index is 1.29. The summed E-state index contributed by atoms with van der Waals surface area (Å²) in [6.07, 6.45) is 7.57. The fraction of sp³-hybridized carbons (Fsp3) is 0.0606. The predicted molar refractivity (Wildman–Crippen MR) is 151 cm³/mol. The largest absolute Gasteiger partial charge is 0.310 e. The first-order valence-electron chi connectivity index (χ1n) is 12.6. The van der Waals surface area contributed by atoms with E-state index < -0.39 is 0 Å². The number of hydrogen-bond acceptors (Lipinski definition) is 3. The average Bonchev–Trinajstić information content (AvgIpc) is 3.32. The summed E-state index contributed by atoms with van der Waals surface area (Å²) in [6.45, 7) is 0. The van der Waals surface area contributed by atoms with E-state index in [4.69, 9.17) is 15.0 Å². The highest BCUT2D eigenvalue weighted by Crippen LogP contribution is 2.35. The van der Waals surface area contributed by atoms with Gasteiger partial charge in [0.2, 0.25) is 0 Å². The molecule has 1 aliphatic rings. The van der Waals surface area contributed by atoms with Gasteiger partial charge in [0.1, 0.15) is 5.82 Å². The Bertz CT molecular complexity index is 1690. The van der Waals surface area contributed by atoms with Crippen molar-refractivity contribution in [1.82, 2.24) is 19.5 Å². The van der Waals surface area contributed by atoms with Crippen molar-refractivity contribution in [1.29, 1.82) is 0 Å². The van der Waals surface area contributed by atoms with E-state index in [0.717, 1.165) is 23.4 Å². The maximum Gasteiger partial charge on any atom is 0.163 e. The lowest BCUT2D eigenvalue weighted by Crippen LogP contribution is -2.09. The third-order valence-corrected chi connectivity index (χ3v) is 6.97. The highest BCUT2D eigenvalue weighted by molar-refractivity contribution is 6.10. The van der Waals surface area contributed by atoms with Crippen molar-refractivity contribution in [3.63, 3.8) is 0 Å². The number of aromatic nitrogens is 4. The van der Waals surface area contributed by atoms with Crippen LogP contribution in [0, 0.1) is 0 Å². The van der Waals surface area contributed by atoms with Gasteiger partial charge in [-0.3, -0.25) is 0 Å². The summed E-state index contributed by atoms with van der Waals surface area (Å²) in [5, 5.41) is 2.54. The molecule has 2 aromatic heterocycles. The molecular formula is C33H24N4. The summed E-state index contributed by atoms with van der Waals surface area (Å²) in [6, 6.07) is 37.5. The zero-order valence-electron chi connectivity index (χ0n) is 20.2. The number of allylic oxidation sites excluding steroid dienone is 4. The van der Waals surface area contributed by atoms with Gasteiger partial charge < -0.3 is 4.57 Å². The highest BCUT2D eigenvalue weighted by atomic mass is 15.0. The van der Waals surface area contributed by atoms with Crippen LogP contribution in [0.2, 0.25) is 0 Å². The Morgan fingerprint density at radius 1 is 0.568 bits per heavy atom. The standard InChI is InChI=1S/C33H24N4/c1-3-11-23(12-4-1)31-34-32(24-13-5-2-6-14-24)36-33(35-31)25-19-21-26(22-20-25)37-29-17-9-7-15-27(29)28-16-8-10-18-30(28)37/h1-19,21-22,25H,20H2/t25-/m0/s1. The Morgan fingerprint density at radius 2 is 1.08 bits per heavy atom. The number of fused-ring (bicyclic) bond motifs is 3. The lowest BCUT2D eigenvalue weighted by atomic mass is 9.98. The van der Waals surface area contributed by atoms with Crippen LogP contribution in [0.15, 0.2) is 127 Å². The quantitative estimate of drug-likeness (QED) is 0.260. The van der Waals surface area contributed by atoms with Crippen molar-refractivity contribution in [2.45, 2.75) is 12.3 Å². The van der Waals surface area contributed by atoms with Gasteiger partial charge in [0.25, 0.3) is 0 Å². The van der Waals surface area contributed by atoms with Crippen LogP contribution < -0.4 is 0 Å². The second-order valence-corrected chi connectivity index (χ2v) is 9.27. The molecule has 7 rings (SSSR count). The fourth-order valence-corrected chi connectivity index (χ4v) is 5.16. The van der Waals surface area contributed by atoms with E-state index in [9.17, 15) is 0 Å². The molecule has 0 aliphatic heterocycles. The first kappa shape index (κ1) is 21.5. The van der Waals surface area contributed by atoms with E-state index in [2.05, 4.69) is 71.3 Å². The molecule has 6 aromatic rings. The van der Waals surface area contributed by atoms with Gasteiger partial charge in [-0.25, -0.2) is 15.0 Å². The molecule has 0 spiro atoms. The second kappa shape index (κ2) is 8.99. The van der Waals surface area contributed by atoms with Crippen LogP contribution in [-0.2, 0) is 0 Å². The lowest BCUT2D eigenvalue weighted by molar-refractivity contribution is 0.763. The number of rotatable bonds is 4. The third-order valence-electron chi connectivity index (χ3n) is 6.97. The number of benzene rings is 4. The average molecular weight is 477 g/mol. The van der Waals surface area contributed by atoms with E-state index in [1.165, 1.54) is 27.5 Å². The molecular weight excluding hydrogens is 452 g/mol. The molecule has 2 heterocycles. The van der Waals surface area contributed by atoms with Crippen molar-refractivity contribution < 1.29 is 0 Å². The van der Waals surface area contributed by atoms with Gasteiger partial charge in [0, 0.05) is 33.5 Å². The minimum Gasteiger partial charge on any atom is -0.310 e. The predicted octanol–water partition coefficient (Wildman–Crippen LogP) is 7.90. The molecule has 1 aliphatic carbocycles. The topological polar surface area (TPSA) is 43.6 Å². The fourth-order valence-electron chi connectivity index (χ4n) is 5.16. The van der Waals surface area contributed by atoms with Crippen LogP contribution >= 0.6 is 0 Å². The van der Waals surface area contributed by atoms with E-state index in [1.54, 1.807) is 0 Å². The summed E-state index contributed by atoms with van der Waals surface area (Å²) in [5.41, 5.74) is 5.59. The maximum absolute atomic E-state index is 4.93. The van der Waals surface area contributed by atoms with E-state index >= 15 is 0 Å². The summed E-state index contributed by atoms with van der Waals surface area (Å²) in [4.78, 5) is 14.7. The summed E-state index contributed by atoms with van der Waals surface area (Å²) >= 11 is 0. The molecule has 0 saturated heterocycles. The van der Waals surface area contributed by atoms with Gasteiger partial charge in [0.05, 0.1) is 11.0 Å². The Labute approximate surface area is 215 Å². The van der Waals surface area contributed by atoms with Gasteiger partial charge in [-0.05, 0) is 24.6 Å². The molecule has 0 unspecified atom stereocenters. The van der Waals surface area contributed by atoms with Crippen LogP contribution in [0.25, 0.3) is 50.3 Å². The van der Waals surface area contributed by atoms with Crippen LogP contribution in [0.4, 0.5) is 0 Å². The minimum absolute atomic E-state index is 0.0739. The number of hydrogen-bond donors (Lipinski definition) is 0. The zero-order valence-corrected chi connectivity index (χ0v) is 20.2. The minimum atomic E-state index is 0.0739. The highest BCUT2D eigenvalue weighted by Gasteiger charge is 2.20. The Kier molecular flexibility index (Phi) is 5.21. The number of nitrogens with zero attached hydrogens (tertiary/aromatic N) is 4. The molecule has 4 nitrogen and oxygen atoms in total. The molecule has 0 radical (unpaired) electrons. The Morgan fingerprint density at radius 3 is 1.59 bits per heavy atom. The molecule has 0 N–H and O–H groups in total. The molecule has 4 aromatic carbocycles. The molecule has 0 bridgehead atoms. The van der Waals surface area contributed by atoms with E-state index in [-0.39, 0.29) is 5.92 Å². The molecule has 176 valence electrons. The first-order chi connectivity index (χ1) is 18.3. The maximum atomic E-state index is 4.93. The SMILES string of the molecule is C1=C[C@H](c2nc(-c3ccccc3)nc(-c3ccccc3)n2)CC=C1n1c2ccccc2c2ccccc21. The van der Waals surface area contributed by atoms with Crippen LogP contribution in [0.3, 0.4) is 0 Å². The smallest absolute Gasteiger partial charge is 0.163 e. The van der Waals surface area contributed by atoms with Crippen molar-refractivity contribution in [3.8, 4) is 22.8 Å². The molecule has 1 atom stereocenters. The monoisotopic (exact) mass is 476 g/mol. The lowest BCUT2D eigenvalue weighted by Gasteiger charge is -2.18. The van der Waals surface area contributed by atoms with Crippen molar-refractivity contribution in [2.75, 3.05) is 0 Å². The van der Waals surface area contributed by atoms with Crippen molar-refractivity contribution in [3.05, 3.63) is 133 Å². The molecule has 37 heavy (non-hydrogen) atoms. The zero-order chi connectivity index (χ0) is 24.6. The van der Waals surface area contributed by atoms with Gasteiger partial charge in [-0.1, -0.05) is 109 Å². The van der Waals surface area contributed by atoms with Crippen LogP contribution in [-0.4, -0.2) is 19.5 Å². The summed E-state index contributed by atoms with van der Waals surface area (Å²) in [7, 11) is 0. The van der Waals surface area contributed by atoms with E-state index in [0.29, 0.717) is 11.6 Å². The van der Waals surface area contributed by atoms with E-state index in [1.807, 2.05) is 60.7 Å². The summed E-state index contributed by atoms with van der Waals surface area (Å²) in [5.74, 6) is 2.27. The normalized spacial score (nSPS) is 15.2. The molecule has 0 amide bonds. The van der Waals surface area contributed by atoms with Crippen molar-refractivity contribution >= 4 is 27.5 Å². The second-order valence-electron chi connectivity index (χ2n) is 9.27. The van der Waals surface area contributed by atoms with Crippen LogP contribution in [0.5, 0.6) is 0 Å². The first-order valence-corrected chi connectivity index (χ1v) is 12.6. The Hall–Kier alpha value is -4.83. The van der Waals surface area contributed by atoms with Gasteiger partial charge in [-0.15, -0.1) is 0 Å². The van der Waals surface area contributed by atoms with Gasteiger partial charge in [0.15, 0.2) is 11.6 Å².